The van der Waals surface area contributed by atoms with E-state index < -0.39 is 11.5 Å². The molecule has 3 heterocycles. The summed E-state index contributed by atoms with van der Waals surface area (Å²) in [5.41, 5.74) is 0.128. The summed E-state index contributed by atoms with van der Waals surface area (Å²) >= 11 is 1.59. The molecule has 1 saturated heterocycles. The lowest BCUT2D eigenvalue weighted by Crippen LogP contribution is -2.36. The minimum atomic E-state index is -0.770. The molecule has 0 spiro atoms. The Balaban J connectivity index is 1.42. The Morgan fingerprint density at radius 1 is 1.17 bits per heavy atom. The summed E-state index contributed by atoms with van der Waals surface area (Å²) < 4.78 is 17.6. The Morgan fingerprint density at radius 2 is 1.94 bits per heavy atom. The lowest BCUT2D eigenvalue weighted by atomic mass is 10.1. The van der Waals surface area contributed by atoms with Crippen LogP contribution in [0.2, 0.25) is 0 Å². The molecule has 0 unspecified atom stereocenters. The number of hydrogen-bond acceptors (Lipinski definition) is 9. The number of anilines is 1. The van der Waals surface area contributed by atoms with Gasteiger partial charge in [-0.25, -0.2) is 9.78 Å². The van der Waals surface area contributed by atoms with Crippen LogP contribution in [0.25, 0.3) is 21.0 Å². The Morgan fingerprint density at radius 3 is 2.74 bits per heavy atom. The van der Waals surface area contributed by atoms with E-state index in [9.17, 15) is 14.7 Å². The van der Waals surface area contributed by atoms with Crippen molar-refractivity contribution >= 4 is 43.4 Å². The van der Waals surface area contributed by atoms with Crippen LogP contribution in [-0.4, -0.2) is 54.0 Å². The van der Waals surface area contributed by atoms with E-state index in [0.717, 1.165) is 34.9 Å². The van der Waals surface area contributed by atoms with Crippen molar-refractivity contribution in [3.05, 3.63) is 52.4 Å². The first-order valence-electron chi connectivity index (χ1n) is 11.5. The topological polar surface area (TPSA) is 114 Å². The van der Waals surface area contributed by atoms with Crippen LogP contribution >= 0.6 is 11.3 Å². The van der Waals surface area contributed by atoms with E-state index in [-0.39, 0.29) is 28.8 Å². The third-order valence-corrected chi connectivity index (χ3v) is 6.85. The van der Waals surface area contributed by atoms with Gasteiger partial charge in [0, 0.05) is 24.5 Å². The van der Waals surface area contributed by atoms with Crippen molar-refractivity contribution in [1.82, 2.24) is 9.97 Å². The van der Waals surface area contributed by atoms with Gasteiger partial charge < -0.3 is 29.2 Å². The van der Waals surface area contributed by atoms with Crippen LogP contribution < -0.4 is 15.2 Å². The summed E-state index contributed by atoms with van der Waals surface area (Å²) in [6, 6.07) is 10.4. The van der Waals surface area contributed by atoms with E-state index in [1.54, 1.807) is 29.5 Å². The number of nitrogens with one attached hydrogen (secondary N) is 1. The fourth-order valence-corrected chi connectivity index (χ4v) is 4.91. The predicted molar refractivity (Wildman–Crippen MR) is 134 cm³/mol. The lowest BCUT2D eigenvalue weighted by molar-refractivity contribution is 0.0489. The van der Waals surface area contributed by atoms with E-state index in [1.807, 2.05) is 25.1 Å². The molecule has 0 aliphatic carbocycles. The number of ether oxygens (including phenoxy) is 3. The maximum Gasteiger partial charge on any atom is 0.358 e. The fraction of sp³-hybridized carbons (Fsp3) is 0.320. The van der Waals surface area contributed by atoms with Crippen molar-refractivity contribution in [2.75, 3.05) is 37.8 Å². The monoisotopic (exact) mass is 495 g/mol. The zero-order valence-electron chi connectivity index (χ0n) is 19.2. The second-order valence-corrected chi connectivity index (χ2v) is 9.21. The highest BCUT2D eigenvalue weighted by Gasteiger charge is 2.19. The van der Waals surface area contributed by atoms with Crippen LogP contribution in [0.3, 0.4) is 0 Å². The first kappa shape index (κ1) is 23.1. The average Bonchev–Trinajstić information content (AvgIpc) is 3.30. The molecule has 0 bridgehead atoms. The number of fused-ring (bicyclic) bond motifs is 2. The number of aromatic hydroxyl groups is 1. The molecule has 0 amide bonds. The van der Waals surface area contributed by atoms with Crippen molar-refractivity contribution in [3.8, 4) is 17.2 Å². The van der Waals surface area contributed by atoms with Gasteiger partial charge in [-0.2, -0.15) is 0 Å². The van der Waals surface area contributed by atoms with Crippen molar-refractivity contribution in [3.63, 3.8) is 0 Å². The molecule has 9 nitrogen and oxygen atoms in total. The number of pyridine rings is 1. The van der Waals surface area contributed by atoms with E-state index in [0.29, 0.717) is 31.1 Å². The van der Waals surface area contributed by atoms with Gasteiger partial charge in [-0.3, -0.25) is 4.79 Å². The smallest absolute Gasteiger partial charge is 0.358 e. The first-order valence-corrected chi connectivity index (χ1v) is 12.3. The molecule has 1 fully saturated rings. The highest BCUT2D eigenvalue weighted by Crippen LogP contribution is 2.35. The van der Waals surface area contributed by atoms with Gasteiger partial charge in [0.05, 0.1) is 35.4 Å². The number of morpholine rings is 1. The van der Waals surface area contributed by atoms with Gasteiger partial charge in [0.1, 0.15) is 11.5 Å². The Hall–Kier alpha value is -3.63. The fourth-order valence-electron chi connectivity index (χ4n) is 3.87. The van der Waals surface area contributed by atoms with Crippen LogP contribution in [0.1, 0.15) is 30.3 Å². The maximum atomic E-state index is 12.5. The molecule has 0 atom stereocenters. The number of hydrogen-bond donors (Lipinski definition) is 2. The van der Waals surface area contributed by atoms with Crippen LogP contribution in [0, 0.1) is 0 Å². The van der Waals surface area contributed by atoms with Crippen LogP contribution in [0.15, 0.2) is 41.2 Å². The number of benzene rings is 2. The van der Waals surface area contributed by atoms with Gasteiger partial charge >= 0.3 is 5.97 Å². The van der Waals surface area contributed by atoms with E-state index in [1.165, 1.54) is 0 Å². The van der Waals surface area contributed by atoms with E-state index in [2.05, 4.69) is 9.88 Å². The molecule has 0 radical (unpaired) electrons. The molecule has 5 rings (SSSR count). The molecule has 4 aromatic rings. The van der Waals surface area contributed by atoms with Gasteiger partial charge in [-0.15, -0.1) is 0 Å². The Kier molecular flexibility index (Phi) is 6.56. The molecule has 1 aliphatic rings. The number of carbonyl (C=O) groups is 1. The van der Waals surface area contributed by atoms with Crippen LogP contribution in [-0.2, 0) is 9.47 Å². The number of aromatic nitrogens is 2. The van der Waals surface area contributed by atoms with Crippen LogP contribution in [0.5, 0.6) is 17.2 Å². The molecule has 2 N–H and O–H groups in total. The maximum absolute atomic E-state index is 12.5. The number of aromatic amines is 1. The van der Waals surface area contributed by atoms with Crippen molar-refractivity contribution in [1.29, 1.82) is 0 Å². The van der Waals surface area contributed by atoms with Crippen molar-refractivity contribution < 1.29 is 24.1 Å². The predicted octanol–water partition coefficient (Wildman–Crippen LogP) is 4.43. The van der Waals surface area contributed by atoms with Gasteiger partial charge in [-0.1, -0.05) is 24.7 Å². The molecular weight excluding hydrogens is 470 g/mol. The highest BCUT2D eigenvalue weighted by molar-refractivity contribution is 7.22. The molecule has 2 aromatic heterocycles. The van der Waals surface area contributed by atoms with Crippen molar-refractivity contribution in [2.24, 2.45) is 0 Å². The molecular formula is C25H25N3O6S. The second kappa shape index (κ2) is 9.93. The Bertz CT molecular complexity index is 1440. The molecule has 1 aliphatic heterocycles. The average molecular weight is 496 g/mol. The molecule has 182 valence electrons. The standard InChI is InChI=1S/C25H25N3O6S/c1-2-3-10-33-24(31)21-22(29)18-13-15(4-6-17(18)23(30)27-21)34-16-5-7-19-20(14-16)35-25(26-19)28-8-11-32-12-9-28/h4-7,13-14,29H,2-3,8-12H2,1H3,(H,27,30). The Labute approximate surface area is 204 Å². The number of rotatable bonds is 7. The van der Waals surface area contributed by atoms with Gasteiger partial charge in [0.15, 0.2) is 16.6 Å². The zero-order chi connectivity index (χ0) is 24.4. The summed E-state index contributed by atoms with van der Waals surface area (Å²) in [6.07, 6.45) is 1.55. The van der Waals surface area contributed by atoms with Crippen molar-refractivity contribution in [2.45, 2.75) is 19.8 Å². The summed E-state index contributed by atoms with van der Waals surface area (Å²) in [5.74, 6) is -0.105. The SMILES string of the molecule is CCCCOC(=O)c1[nH]c(=O)c2ccc(Oc3ccc4nc(N5CCOCC5)sc4c3)cc2c1O. The largest absolute Gasteiger partial charge is 0.505 e. The third-order valence-electron chi connectivity index (χ3n) is 5.77. The first-order chi connectivity index (χ1) is 17.0. The van der Waals surface area contributed by atoms with Gasteiger partial charge in [0.25, 0.3) is 5.56 Å². The summed E-state index contributed by atoms with van der Waals surface area (Å²) in [5, 5.41) is 12.1. The number of esters is 1. The number of carbonyl (C=O) groups excluding carboxylic acids is 1. The normalized spacial score (nSPS) is 13.9. The minimum absolute atomic E-state index is 0.210. The number of thiazole rings is 1. The highest BCUT2D eigenvalue weighted by atomic mass is 32.1. The summed E-state index contributed by atoms with van der Waals surface area (Å²) in [6.45, 7) is 5.21. The minimum Gasteiger partial charge on any atom is -0.505 e. The number of H-pyrrole nitrogens is 1. The van der Waals surface area contributed by atoms with E-state index >= 15 is 0 Å². The summed E-state index contributed by atoms with van der Waals surface area (Å²) in [4.78, 5) is 34.2. The molecule has 10 heteroatoms. The van der Waals surface area contributed by atoms with Gasteiger partial charge in [-0.05, 0) is 36.8 Å². The van der Waals surface area contributed by atoms with Gasteiger partial charge in [0.2, 0.25) is 0 Å². The third kappa shape index (κ3) is 4.80. The molecule has 0 saturated carbocycles. The summed E-state index contributed by atoms with van der Waals surface area (Å²) in [7, 11) is 0. The second-order valence-electron chi connectivity index (χ2n) is 8.20. The molecule has 35 heavy (non-hydrogen) atoms. The quantitative estimate of drug-likeness (QED) is 0.286. The lowest BCUT2D eigenvalue weighted by Gasteiger charge is -2.25. The van der Waals surface area contributed by atoms with Crippen LogP contribution in [0.4, 0.5) is 5.13 Å². The number of nitrogens with zero attached hydrogens (tertiary/aromatic N) is 2. The number of unbranched alkanes of at least 4 members (excludes halogenated alkanes) is 1. The van der Waals surface area contributed by atoms with E-state index in [4.69, 9.17) is 19.2 Å². The molecule has 2 aromatic carbocycles. The zero-order valence-corrected chi connectivity index (χ0v) is 20.0.